The van der Waals surface area contributed by atoms with Gasteiger partial charge in [0.15, 0.2) is 0 Å². The Morgan fingerprint density at radius 1 is 1.26 bits per heavy atom. The standard InChI is InChI=1S/C13H15F3N2O4S/c1-7-8(5-19)23-11-9(7)10(20)18(6-13(14,15)16)12(21)17(11)3-4-22-2/h19H,3-6H2,1-2H3. The summed E-state index contributed by atoms with van der Waals surface area (Å²) >= 11 is 1.02. The summed E-state index contributed by atoms with van der Waals surface area (Å²) in [6.45, 7) is -0.367. The molecule has 0 fully saturated rings. The van der Waals surface area contributed by atoms with Crippen LogP contribution in [0.1, 0.15) is 10.4 Å². The van der Waals surface area contributed by atoms with Gasteiger partial charge >= 0.3 is 11.9 Å². The van der Waals surface area contributed by atoms with Crippen molar-refractivity contribution in [2.24, 2.45) is 0 Å². The lowest BCUT2D eigenvalue weighted by Gasteiger charge is -2.13. The minimum atomic E-state index is -4.69. The molecule has 2 rings (SSSR count). The Morgan fingerprint density at radius 3 is 2.43 bits per heavy atom. The first-order chi connectivity index (χ1) is 10.7. The summed E-state index contributed by atoms with van der Waals surface area (Å²) in [5, 5.41) is 9.34. The Labute approximate surface area is 132 Å². The van der Waals surface area contributed by atoms with Gasteiger partial charge in [0.2, 0.25) is 0 Å². The van der Waals surface area contributed by atoms with E-state index in [0.717, 1.165) is 15.9 Å². The molecule has 0 radical (unpaired) electrons. The summed E-state index contributed by atoms with van der Waals surface area (Å²) in [4.78, 5) is 25.3. The Balaban J connectivity index is 2.84. The summed E-state index contributed by atoms with van der Waals surface area (Å²) in [7, 11) is 1.40. The monoisotopic (exact) mass is 352 g/mol. The lowest BCUT2D eigenvalue weighted by molar-refractivity contribution is -0.141. The van der Waals surface area contributed by atoms with Gasteiger partial charge in [-0.15, -0.1) is 11.3 Å². The molecule has 6 nitrogen and oxygen atoms in total. The number of methoxy groups -OCH3 is 1. The number of alkyl halides is 3. The molecule has 0 atom stereocenters. The molecule has 0 saturated carbocycles. The first-order valence-electron chi connectivity index (χ1n) is 6.63. The van der Waals surface area contributed by atoms with E-state index in [1.807, 2.05) is 0 Å². The number of aliphatic hydroxyl groups excluding tert-OH is 1. The summed E-state index contributed by atoms with van der Waals surface area (Å²) in [5.74, 6) is 0. The van der Waals surface area contributed by atoms with Gasteiger partial charge < -0.3 is 9.84 Å². The van der Waals surface area contributed by atoms with Crippen LogP contribution in [0, 0.1) is 6.92 Å². The fourth-order valence-electron chi connectivity index (χ4n) is 2.29. The number of hydrogen-bond acceptors (Lipinski definition) is 5. The van der Waals surface area contributed by atoms with Crippen LogP contribution in [0.3, 0.4) is 0 Å². The van der Waals surface area contributed by atoms with Crippen molar-refractivity contribution in [2.45, 2.75) is 32.8 Å². The number of aromatic nitrogens is 2. The lowest BCUT2D eigenvalue weighted by atomic mass is 10.2. The maximum atomic E-state index is 12.7. The van der Waals surface area contributed by atoms with E-state index in [-0.39, 0.29) is 34.5 Å². The summed E-state index contributed by atoms with van der Waals surface area (Å²) in [6.07, 6.45) is -4.69. The number of nitrogens with zero attached hydrogens (tertiary/aromatic N) is 2. The van der Waals surface area contributed by atoms with Gasteiger partial charge in [-0.25, -0.2) is 4.79 Å². The molecule has 2 aromatic heterocycles. The van der Waals surface area contributed by atoms with Crippen LogP contribution >= 0.6 is 11.3 Å². The zero-order chi connectivity index (χ0) is 17.4. The Bertz CT molecular complexity index is 835. The zero-order valence-corrected chi connectivity index (χ0v) is 13.3. The van der Waals surface area contributed by atoms with E-state index in [1.165, 1.54) is 14.0 Å². The zero-order valence-electron chi connectivity index (χ0n) is 12.4. The number of ether oxygens (including phenoxy) is 1. The SMILES string of the molecule is COCCn1c(=O)n(CC(F)(F)F)c(=O)c2c(C)c(CO)sc21. The number of aliphatic hydroxyl groups is 1. The maximum absolute atomic E-state index is 12.7. The van der Waals surface area contributed by atoms with E-state index in [2.05, 4.69) is 0 Å². The van der Waals surface area contributed by atoms with Gasteiger partial charge in [-0.1, -0.05) is 0 Å². The van der Waals surface area contributed by atoms with E-state index < -0.39 is 24.0 Å². The summed E-state index contributed by atoms with van der Waals surface area (Å²) in [6, 6.07) is 0. The van der Waals surface area contributed by atoms with Gasteiger partial charge in [0.05, 0.1) is 25.1 Å². The van der Waals surface area contributed by atoms with Crippen LogP contribution in [0.25, 0.3) is 10.2 Å². The molecule has 10 heteroatoms. The largest absolute Gasteiger partial charge is 0.406 e. The third-order valence-electron chi connectivity index (χ3n) is 3.39. The number of halogens is 3. The average molecular weight is 352 g/mol. The Morgan fingerprint density at radius 2 is 1.91 bits per heavy atom. The molecule has 2 aromatic rings. The van der Waals surface area contributed by atoms with E-state index in [0.29, 0.717) is 10.4 Å². The molecule has 0 aromatic carbocycles. The molecule has 0 spiro atoms. The van der Waals surface area contributed by atoms with Crippen LogP contribution in [-0.4, -0.2) is 34.1 Å². The smallest absolute Gasteiger partial charge is 0.391 e. The number of rotatable bonds is 5. The van der Waals surface area contributed by atoms with Gasteiger partial charge in [0, 0.05) is 12.0 Å². The second-order valence-corrected chi connectivity index (χ2v) is 6.01. The van der Waals surface area contributed by atoms with Crippen molar-refractivity contribution in [3.63, 3.8) is 0 Å². The minimum Gasteiger partial charge on any atom is -0.391 e. The molecular formula is C13H15F3N2O4S. The van der Waals surface area contributed by atoms with Gasteiger partial charge in [-0.2, -0.15) is 13.2 Å². The van der Waals surface area contributed by atoms with Gasteiger partial charge in [-0.3, -0.25) is 13.9 Å². The molecule has 1 N–H and O–H groups in total. The first kappa shape index (κ1) is 17.7. The molecule has 0 unspecified atom stereocenters. The maximum Gasteiger partial charge on any atom is 0.406 e. The van der Waals surface area contributed by atoms with Crippen molar-refractivity contribution in [3.05, 3.63) is 31.3 Å². The van der Waals surface area contributed by atoms with Crippen molar-refractivity contribution in [1.82, 2.24) is 9.13 Å². The fraction of sp³-hybridized carbons (Fsp3) is 0.538. The number of aryl methyl sites for hydroxylation is 1. The van der Waals surface area contributed by atoms with Crippen LogP contribution in [0.4, 0.5) is 13.2 Å². The highest BCUT2D eigenvalue weighted by Crippen LogP contribution is 2.28. The highest BCUT2D eigenvalue weighted by molar-refractivity contribution is 7.18. The van der Waals surface area contributed by atoms with Crippen LogP contribution in [-0.2, 0) is 24.4 Å². The van der Waals surface area contributed by atoms with Crippen LogP contribution < -0.4 is 11.2 Å². The topological polar surface area (TPSA) is 73.5 Å². The third kappa shape index (κ3) is 3.33. The fourth-order valence-corrected chi connectivity index (χ4v) is 3.46. The van der Waals surface area contributed by atoms with E-state index >= 15 is 0 Å². The predicted octanol–water partition coefficient (Wildman–Crippen LogP) is 1.23. The van der Waals surface area contributed by atoms with E-state index in [4.69, 9.17) is 4.74 Å². The lowest BCUT2D eigenvalue weighted by Crippen LogP contribution is -2.43. The van der Waals surface area contributed by atoms with Crippen molar-refractivity contribution >= 4 is 21.6 Å². The summed E-state index contributed by atoms with van der Waals surface area (Å²) in [5.41, 5.74) is -1.65. The Hall–Kier alpha value is -1.65. The molecule has 0 aliphatic heterocycles. The molecule has 23 heavy (non-hydrogen) atoms. The van der Waals surface area contributed by atoms with Crippen molar-refractivity contribution in [3.8, 4) is 0 Å². The molecule has 0 bridgehead atoms. The second-order valence-electron chi connectivity index (χ2n) is 4.92. The Kier molecular flexibility index (Phi) is 4.97. The first-order valence-corrected chi connectivity index (χ1v) is 7.45. The molecule has 0 aliphatic rings. The highest BCUT2D eigenvalue weighted by atomic mass is 32.1. The highest BCUT2D eigenvalue weighted by Gasteiger charge is 2.31. The number of hydrogen-bond donors (Lipinski definition) is 1. The number of thiophene rings is 1. The molecule has 0 aliphatic carbocycles. The van der Waals surface area contributed by atoms with Crippen LogP contribution in [0.2, 0.25) is 0 Å². The molecule has 2 heterocycles. The van der Waals surface area contributed by atoms with Crippen molar-refractivity contribution in [1.29, 1.82) is 0 Å². The molecular weight excluding hydrogens is 337 g/mol. The molecule has 0 saturated heterocycles. The van der Waals surface area contributed by atoms with Gasteiger partial charge in [0.1, 0.15) is 11.4 Å². The normalized spacial score (nSPS) is 12.3. The average Bonchev–Trinajstić information content (AvgIpc) is 2.79. The van der Waals surface area contributed by atoms with Crippen LogP contribution in [0.15, 0.2) is 9.59 Å². The second kappa shape index (κ2) is 6.46. The van der Waals surface area contributed by atoms with Crippen molar-refractivity contribution in [2.75, 3.05) is 13.7 Å². The molecule has 0 amide bonds. The number of fused-ring (bicyclic) bond motifs is 1. The van der Waals surface area contributed by atoms with E-state index in [9.17, 15) is 27.9 Å². The summed E-state index contributed by atoms with van der Waals surface area (Å²) < 4.78 is 44.2. The van der Waals surface area contributed by atoms with Gasteiger partial charge in [0.25, 0.3) is 5.56 Å². The molecule has 128 valence electrons. The van der Waals surface area contributed by atoms with Crippen molar-refractivity contribution < 1.29 is 23.0 Å². The van der Waals surface area contributed by atoms with E-state index in [1.54, 1.807) is 0 Å². The third-order valence-corrected chi connectivity index (χ3v) is 4.69. The predicted molar refractivity (Wildman–Crippen MR) is 78.9 cm³/mol. The van der Waals surface area contributed by atoms with Gasteiger partial charge in [-0.05, 0) is 12.5 Å². The quantitative estimate of drug-likeness (QED) is 0.879. The van der Waals surface area contributed by atoms with Crippen LogP contribution in [0.5, 0.6) is 0 Å². The minimum absolute atomic E-state index is 0.00872.